The van der Waals surface area contributed by atoms with Crippen LogP contribution < -0.4 is 10.1 Å². The molecule has 4 rings (SSSR count). The van der Waals surface area contributed by atoms with Crippen LogP contribution in [0.4, 0.5) is 26.3 Å². The second-order valence-electron chi connectivity index (χ2n) is 7.00. The van der Waals surface area contributed by atoms with Crippen molar-refractivity contribution in [2.75, 3.05) is 13.1 Å². The summed E-state index contributed by atoms with van der Waals surface area (Å²) in [5.41, 5.74) is -1.50. The largest absolute Gasteiger partial charge is 0.488 e. The molecule has 0 bridgehead atoms. The van der Waals surface area contributed by atoms with E-state index in [1.807, 2.05) is 0 Å². The van der Waals surface area contributed by atoms with Crippen LogP contribution in [-0.4, -0.2) is 23.2 Å². The van der Waals surface area contributed by atoms with Crippen LogP contribution in [0.2, 0.25) is 0 Å². The Labute approximate surface area is 172 Å². The summed E-state index contributed by atoms with van der Waals surface area (Å²) in [4.78, 5) is 4.16. The Balaban J connectivity index is 1.54. The molecule has 3 aromatic rings. The predicted molar refractivity (Wildman–Crippen MR) is 96.1 cm³/mol. The lowest BCUT2D eigenvalue weighted by Crippen LogP contribution is -2.40. The molecular formula is C20H15F6N3O2. The minimum Gasteiger partial charge on any atom is -0.488 e. The Bertz CT molecular complexity index is 1060. The van der Waals surface area contributed by atoms with Crippen molar-refractivity contribution < 1.29 is 35.6 Å². The van der Waals surface area contributed by atoms with Gasteiger partial charge in [0.1, 0.15) is 12.4 Å². The summed E-state index contributed by atoms with van der Waals surface area (Å²) in [5.74, 6) is -0.0376. The van der Waals surface area contributed by atoms with E-state index in [9.17, 15) is 26.3 Å². The molecule has 0 amide bonds. The van der Waals surface area contributed by atoms with Crippen molar-refractivity contribution in [2.45, 2.75) is 24.9 Å². The van der Waals surface area contributed by atoms with Gasteiger partial charge in [0, 0.05) is 18.7 Å². The highest BCUT2D eigenvalue weighted by Crippen LogP contribution is 2.39. The van der Waals surface area contributed by atoms with Crippen LogP contribution in [0.25, 0.3) is 11.4 Å². The third kappa shape index (κ3) is 4.66. The normalized spacial score (nSPS) is 15.0. The van der Waals surface area contributed by atoms with Gasteiger partial charge in [-0.1, -0.05) is 17.3 Å². The molecule has 31 heavy (non-hydrogen) atoms. The summed E-state index contributed by atoms with van der Waals surface area (Å²) >= 11 is 0. The molecular weight excluding hydrogens is 428 g/mol. The van der Waals surface area contributed by atoms with Crippen molar-refractivity contribution in [3.05, 3.63) is 65.0 Å². The Morgan fingerprint density at radius 1 is 0.968 bits per heavy atom. The van der Waals surface area contributed by atoms with Crippen LogP contribution in [0.5, 0.6) is 5.75 Å². The average molecular weight is 443 g/mol. The Kier molecular flexibility index (Phi) is 5.38. The monoisotopic (exact) mass is 443 g/mol. The zero-order valence-corrected chi connectivity index (χ0v) is 15.7. The lowest BCUT2D eigenvalue weighted by atomic mass is 10.0. The van der Waals surface area contributed by atoms with E-state index in [1.165, 1.54) is 6.07 Å². The molecule has 0 spiro atoms. The molecule has 164 valence electrons. The number of ether oxygens (including phenoxy) is 1. The lowest BCUT2D eigenvalue weighted by Gasteiger charge is -2.22. The molecule has 1 aliphatic rings. The van der Waals surface area contributed by atoms with Crippen LogP contribution in [0.1, 0.15) is 28.5 Å². The lowest BCUT2D eigenvalue weighted by molar-refractivity contribution is -0.139. The van der Waals surface area contributed by atoms with Crippen molar-refractivity contribution in [3.8, 4) is 17.1 Å². The Morgan fingerprint density at radius 3 is 2.26 bits per heavy atom. The number of nitrogens with one attached hydrogen (secondary N) is 1. The molecule has 1 saturated heterocycles. The molecule has 0 saturated carbocycles. The first kappa shape index (κ1) is 21.2. The number of aromatic nitrogens is 2. The van der Waals surface area contributed by atoms with Gasteiger partial charge in [-0.2, -0.15) is 31.3 Å². The zero-order valence-electron chi connectivity index (χ0n) is 15.7. The summed E-state index contributed by atoms with van der Waals surface area (Å²) in [7, 11) is 0. The molecule has 5 nitrogen and oxygen atoms in total. The fraction of sp³-hybridized carbons (Fsp3) is 0.300. The molecule has 0 atom stereocenters. The van der Waals surface area contributed by atoms with E-state index in [2.05, 4.69) is 15.5 Å². The van der Waals surface area contributed by atoms with E-state index in [-0.39, 0.29) is 23.9 Å². The molecule has 0 radical (unpaired) electrons. The molecule has 1 aromatic heterocycles. The number of rotatable bonds is 5. The van der Waals surface area contributed by atoms with Gasteiger partial charge in [0.15, 0.2) is 0 Å². The molecule has 1 aliphatic heterocycles. The van der Waals surface area contributed by atoms with Gasteiger partial charge < -0.3 is 14.6 Å². The van der Waals surface area contributed by atoms with E-state index >= 15 is 0 Å². The fourth-order valence-electron chi connectivity index (χ4n) is 2.95. The third-order valence-electron chi connectivity index (χ3n) is 4.79. The van der Waals surface area contributed by atoms with Gasteiger partial charge in [-0.05, 0) is 35.9 Å². The van der Waals surface area contributed by atoms with E-state index < -0.39 is 29.2 Å². The molecule has 0 unspecified atom stereocenters. The summed E-state index contributed by atoms with van der Waals surface area (Å²) in [6.45, 7) is 0.986. The summed E-state index contributed by atoms with van der Waals surface area (Å²) in [6.07, 6.45) is -9.22. The second kappa shape index (κ2) is 7.88. The predicted octanol–water partition coefficient (Wildman–Crippen LogP) is 5.04. The minimum atomic E-state index is -4.73. The molecule has 2 heterocycles. The van der Waals surface area contributed by atoms with Crippen molar-refractivity contribution in [2.24, 2.45) is 0 Å². The van der Waals surface area contributed by atoms with Crippen LogP contribution in [0.3, 0.4) is 0 Å². The minimum absolute atomic E-state index is 0.0293. The number of alkyl halides is 6. The van der Waals surface area contributed by atoms with Crippen molar-refractivity contribution in [1.29, 1.82) is 0 Å². The molecule has 11 heteroatoms. The highest BCUT2D eigenvalue weighted by atomic mass is 19.4. The topological polar surface area (TPSA) is 60.2 Å². The quantitative estimate of drug-likeness (QED) is 0.560. The number of hydrogen-bond acceptors (Lipinski definition) is 5. The smallest absolute Gasteiger partial charge is 0.419 e. The van der Waals surface area contributed by atoms with Crippen LogP contribution >= 0.6 is 0 Å². The summed E-state index contributed by atoms with van der Waals surface area (Å²) in [6, 6.07) is 7.35. The highest BCUT2D eigenvalue weighted by molar-refractivity contribution is 5.59. The van der Waals surface area contributed by atoms with Crippen LogP contribution in [-0.2, 0) is 19.0 Å². The van der Waals surface area contributed by atoms with Crippen molar-refractivity contribution in [1.82, 2.24) is 15.5 Å². The number of benzene rings is 2. The maximum atomic E-state index is 13.6. The van der Waals surface area contributed by atoms with Crippen LogP contribution in [0, 0.1) is 0 Å². The summed E-state index contributed by atoms with van der Waals surface area (Å²) in [5, 5.41) is 6.78. The highest BCUT2D eigenvalue weighted by Gasteiger charge is 2.35. The standard InChI is InChI=1S/C20H15F6N3O2/c21-19(22,23)14-4-1-11(2-5-14)10-30-16-6-3-12(7-15(16)20(24,25)26)17-28-18(31-29-17)13-8-27-9-13/h1-7,13,27H,8-10H2. The van der Waals surface area contributed by atoms with Crippen molar-refractivity contribution >= 4 is 0 Å². The van der Waals surface area contributed by atoms with E-state index in [0.29, 0.717) is 24.5 Å². The third-order valence-corrected chi connectivity index (χ3v) is 4.79. The molecule has 1 N–H and O–H groups in total. The molecule has 2 aromatic carbocycles. The fourth-order valence-corrected chi connectivity index (χ4v) is 2.95. The van der Waals surface area contributed by atoms with Gasteiger partial charge in [-0.25, -0.2) is 0 Å². The van der Waals surface area contributed by atoms with Gasteiger partial charge in [0.25, 0.3) is 0 Å². The number of nitrogens with zero attached hydrogens (tertiary/aromatic N) is 2. The number of hydrogen-bond donors (Lipinski definition) is 1. The van der Waals surface area contributed by atoms with Gasteiger partial charge in [-0.15, -0.1) is 0 Å². The Morgan fingerprint density at radius 2 is 1.68 bits per heavy atom. The SMILES string of the molecule is FC(F)(F)c1ccc(COc2ccc(-c3noc(C4CNC4)n3)cc2C(F)(F)F)cc1. The van der Waals surface area contributed by atoms with E-state index in [4.69, 9.17) is 9.26 Å². The van der Waals surface area contributed by atoms with Crippen molar-refractivity contribution in [3.63, 3.8) is 0 Å². The van der Waals surface area contributed by atoms with E-state index in [0.717, 1.165) is 36.4 Å². The van der Waals surface area contributed by atoms with E-state index in [1.54, 1.807) is 0 Å². The molecule has 1 fully saturated rings. The van der Waals surface area contributed by atoms with Gasteiger partial charge in [-0.3, -0.25) is 0 Å². The summed E-state index contributed by atoms with van der Waals surface area (Å²) < 4.78 is 89.0. The number of halogens is 6. The maximum Gasteiger partial charge on any atom is 0.419 e. The first-order valence-electron chi connectivity index (χ1n) is 9.16. The molecule has 0 aliphatic carbocycles. The van der Waals surface area contributed by atoms with Gasteiger partial charge in [0.2, 0.25) is 11.7 Å². The maximum absolute atomic E-state index is 13.6. The van der Waals surface area contributed by atoms with Gasteiger partial charge >= 0.3 is 12.4 Å². The van der Waals surface area contributed by atoms with Gasteiger partial charge in [0.05, 0.1) is 17.0 Å². The second-order valence-corrected chi connectivity index (χ2v) is 7.00. The zero-order chi connectivity index (χ0) is 22.2. The van der Waals surface area contributed by atoms with Crippen LogP contribution in [0.15, 0.2) is 47.0 Å². The average Bonchev–Trinajstić information content (AvgIpc) is 3.13. The first-order chi connectivity index (χ1) is 14.6. The first-order valence-corrected chi connectivity index (χ1v) is 9.16. The Hall–Kier alpha value is -3.08.